The van der Waals surface area contributed by atoms with Crippen molar-refractivity contribution in [1.82, 2.24) is 0 Å². The van der Waals surface area contributed by atoms with E-state index in [0.29, 0.717) is 6.21 Å². The Kier molecular flexibility index (Phi) is 2.23. The molecule has 0 atom stereocenters. The van der Waals surface area contributed by atoms with Crippen LogP contribution in [0, 0.1) is 11.6 Å². The Morgan fingerprint density at radius 2 is 1.83 bits per heavy atom. The molecule has 0 spiro atoms. The summed E-state index contributed by atoms with van der Waals surface area (Å²) in [7, 11) is 0. The van der Waals surface area contributed by atoms with E-state index in [1.54, 1.807) is 0 Å². The summed E-state index contributed by atoms with van der Waals surface area (Å²) in [6.07, 6.45) is 0.619. The lowest BCUT2D eigenvalue weighted by Crippen LogP contribution is -1.91. The molecule has 0 fully saturated rings. The Bertz CT molecular complexity index is 325. The fraction of sp³-hybridized carbons (Fsp3) is 0. The van der Waals surface area contributed by atoms with Crippen LogP contribution in [0.3, 0.4) is 0 Å². The molecule has 0 aliphatic rings. The van der Waals surface area contributed by atoms with E-state index < -0.39 is 22.9 Å². The number of phenolic OH excluding ortho intramolecular Hbond substituents is 1. The van der Waals surface area contributed by atoms with Crippen molar-refractivity contribution in [2.45, 2.75) is 0 Å². The molecule has 0 aliphatic carbocycles. The highest BCUT2D eigenvalue weighted by atomic mass is 19.1. The zero-order valence-corrected chi connectivity index (χ0v) is 5.83. The molecule has 1 rings (SSSR count). The van der Waals surface area contributed by atoms with Gasteiger partial charge in [-0.1, -0.05) is 5.16 Å². The van der Waals surface area contributed by atoms with Crippen LogP contribution >= 0.6 is 0 Å². The van der Waals surface area contributed by atoms with Gasteiger partial charge in [0.15, 0.2) is 11.6 Å². The van der Waals surface area contributed by atoms with E-state index >= 15 is 0 Å². The van der Waals surface area contributed by atoms with E-state index in [1.165, 1.54) is 0 Å². The molecule has 0 saturated carbocycles. The molecule has 0 amide bonds. The number of hydrogen-bond acceptors (Lipinski definition) is 3. The first-order valence-corrected chi connectivity index (χ1v) is 3.01. The van der Waals surface area contributed by atoms with Crippen molar-refractivity contribution in [2.75, 3.05) is 0 Å². The molecular weight excluding hydrogens is 168 g/mol. The monoisotopic (exact) mass is 173 g/mol. The minimum Gasteiger partial charge on any atom is -0.504 e. The van der Waals surface area contributed by atoms with Gasteiger partial charge in [0.1, 0.15) is 5.82 Å². The van der Waals surface area contributed by atoms with Gasteiger partial charge in [0, 0.05) is 0 Å². The molecule has 0 radical (unpaired) electrons. The zero-order valence-electron chi connectivity index (χ0n) is 5.83. The van der Waals surface area contributed by atoms with Crippen LogP contribution in [0.1, 0.15) is 5.56 Å². The first kappa shape index (κ1) is 8.45. The molecule has 3 nitrogen and oxygen atoms in total. The lowest BCUT2D eigenvalue weighted by molar-refractivity contribution is 0.321. The number of rotatable bonds is 1. The van der Waals surface area contributed by atoms with Crippen LogP contribution in [0.2, 0.25) is 0 Å². The largest absolute Gasteiger partial charge is 0.504 e. The van der Waals surface area contributed by atoms with Gasteiger partial charge in [-0.25, -0.2) is 8.78 Å². The molecule has 1 aromatic carbocycles. The molecule has 2 N–H and O–H groups in total. The highest BCUT2D eigenvalue weighted by molar-refractivity contribution is 5.83. The van der Waals surface area contributed by atoms with Gasteiger partial charge in [-0.2, -0.15) is 0 Å². The number of nitrogens with zero attached hydrogens (tertiary/aromatic N) is 1. The Labute approximate surface area is 66.6 Å². The number of aromatic hydroxyl groups is 1. The Hall–Kier alpha value is -1.65. The Balaban J connectivity index is 3.32. The average Bonchev–Trinajstić information content (AvgIpc) is 2.06. The standard InChI is InChI=1S/C7H5F2NO2/c8-5-1-2-6(9)7(11)4(5)3-10-12/h1-3,11-12H/b10-3+. The second kappa shape index (κ2) is 3.17. The molecule has 0 aromatic heterocycles. The van der Waals surface area contributed by atoms with Crippen molar-refractivity contribution in [3.8, 4) is 5.75 Å². The van der Waals surface area contributed by atoms with Crippen LogP contribution in [0.5, 0.6) is 5.75 Å². The van der Waals surface area contributed by atoms with Crippen LogP contribution in [0.15, 0.2) is 17.3 Å². The summed E-state index contributed by atoms with van der Waals surface area (Å²) in [4.78, 5) is 0. The normalized spacial score (nSPS) is 10.8. The molecular formula is C7H5F2NO2. The Morgan fingerprint density at radius 3 is 2.42 bits per heavy atom. The van der Waals surface area contributed by atoms with Crippen LogP contribution in [-0.2, 0) is 0 Å². The van der Waals surface area contributed by atoms with E-state index in [2.05, 4.69) is 5.16 Å². The van der Waals surface area contributed by atoms with Crippen LogP contribution < -0.4 is 0 Å². The minimum atomic E-state index is -0.966. The average molecular weight is 173 g/mol. The van der Waals surface area contributed by atoms with Crippen LogP contribution in [0.4, 0.5) is 8.78 Å². The molecule has 12 heavy (non-hydrogen) atoms. The predicted octanol–water partition coefficient (Wildman–Crippen LogP) is 1.48. The van der Waals surface area contributed by atoms with Crippen molar-refractivity contribution in [1.29, 1.82) is 0 Å². The fourth-order valence-electron chi connectivity index (χ4n) is 0.737. The summed E-state index contributed by atoms with van der Waals surface area (Å²) in [5.74, 6) is -2.69. The number of benzene rings is 1. The Morgan fingerprint density at radius 1 is 1.25 bits per heavy atom. The minimum absolute atomic E-state index is 0.475. The molecule has 5 heteroatoms. The van der Waals surface area contributed by atoms with E-state index in [9.17, 15) is 8.78 Å². The summed E-state index contributed by atoms with van der Waals surface area (Å²) in [5.41, 5.74) is -0.475. The summed E-state index contributed by atoms with van der Waals surface area (Å²) >= 11 is 0. The maximum Gasteiger partial charge on any atom is 0.165 e. The fourth-order valence-corrected chi connectivity index (χ4v) is 0.737. The summed E-state index contributed by atoms with van der Waals surface area (Å²) < 4.78 is 25.2. The molecule has 0 bridgehead atoms. The van der Waals surface area contributed by atoms with Gasteiger partial charge in [-0.15, -0.1) is 0 Å². The van der Waals surface area contributed by atoms with E-state index in [4.69, 9.17) is 10.3 Å². The third-order valence-electron chi connectivity index (χ3n) is 1.30. The van der Waals surface area contributed by atoms with Gasteiger partial charge in [-0.05, 0) is 12.1 Å². The molecule has 1 aromatic rings. The number of hydrogen-bond donors (Lipinski definition) is 2. The van der Waals surface area contributed by atoms with E-state index in [-0.39, 0.29) is 0 Å². The van der Waals surface area contributed by atoms with Gasteiger partial charge in [0.2, 0.25) is 0 Å². The topological polar surface area (TPSA) is 52.8 Å². The smallest absolute Gasteiger partial charge is 0.165 e. The summed E-state index contributed by atoms with van der Waals surface area (Å²) in [6, 6.07) is 1.60. The van der Waals surface area contributed by atoms with Crippen molar-refractivity contribution in [3.63, 3.8) is 0 Å². The van der Waals surface area contributed by atoms with Crippen molar-refractivity contribution >= 4 is 6.21 Å². The van der Waals surface area contributed by atoms with E-state index in [1.807, 2.05) is 0 Å². The highest BCUT2D eigenvalue weighted by Crippen LogP contribution is 2.21. The predicted molar refractivity (Wildman–Crippen MR) is 37.4 cm³/mol. The van der Waals surface area contributed by atoms with Gasteiger partial charge >= 0.3 is 0 Å². The van der Waals surface area contributed by atoms with E-state index in [0.717, 1.165) is 12.1 Å². The quantitative estimate of drug-likeness (QED) is 0.384. The molecule has 0 saturated heterocycles. The van der Waals surface area contributed by atoms with Crippen molar-refractivity contribution in [2.24, 2.45) is 5.16 Å². The third-order valence-corrected chi connectivity index (χ3v) is 1.30. The third kappa shape index (κ3) is 1.34. The zero-order chi connectivity index (χ0) is 9.14. The first-order valence-electron chi connectivity index (χ1n) is 3.01. The summed E-state index contributed by atoms with van der Waals surface area (Å²) in [5, 5.41) is 19.4. The SMILES string of the molecule is O/N=C/c1c(F)ccc(F)c1O. The van der Waals surface area contributed by atoms with Gasteiger partial charge in [-0.3, -0.25) is 0 Å². The van der Waals surface area contributed by atoms with Crippen molar-refractivity contribution in [3.05, 3.63) is 29.3 Å². The van der Waals surface area contributed by atoms with Crippen molar-refractivity contribution < 1.29 is 19.1 Å². The number of phenols is 1. The molecule has 64 valence electrons. The second-order valence-electron chi connectivity index (χ2n) is 2.04. The number of halogens is 2. The van der Waals surface area contributed by atoms with Gasteiger partial charge < -0.3 is 10.3 Å². The van der Waals surface area contributed by atoms with Crippen LogP contribution in [-0.4, -0.2) is 16.5 Å². The maximum atomic E-state index is 12.7. The number of oxime groups is 1. The molecule has 0 heterocycles. The van der Waals surface area contributed by atoms with Gasteiger partial charge in [0.05, 0.1) is 11.8 Å². The highest BCUT2D eigenvalue weighted by Gasteiger charge is 2.10. The molecule has 0 aliphatic heterocycles. The van der Waals surface area contributed by atoms with Gasteiger partial charge in [0.25, 0.3) is 0 Å². The summed E-state index contributed by atoms with van der Waals surface area (Å²) in [6.45, 7) is 0. The maximum absolute atomic E-state index is 12.7. The lowest BCUT2D eigenvalue weighted by atomic mass is 10.2. The first-order chi connectivity index (χ1) is 5.66. The van der Waals surface area contributed by atoms with Crippen LogP contribution in [0.25, 0.3) is 0 Å². The lowest BCUT2D eigenvalue weighted by Gasteiger charge is -1.99. The molecule has 0 unspecified atom stereocenters. The second-order valence-corrected chi connectivity index (χ2v) is 2.04.